The Kier molecular flexibility index (Phi) is 3.63. The summed E-state index contributed by atoms with van der Waals surface area (Å²) in [6.45, 7) is 1.78. The average molecular weight is 243 g/mol. The molecule has 0 bridgehead atoms. The van der Waals surface area contributed by atoms with Crippen molar-refractivity contribution in [1.82, 2.24) is 4.98 Å². The maximum absolute atomic E-state index is 10.5. The molecule has 3 nitrogen and oxygen atoms in total. The number of hydrogen-bond donors (Lipinski definition) is 1. The summed E-state index contributed by atoms with van der Waals surface area (Å²) in [5, 5.41) is 10.5. The fraction of sp³-hybridized carbons (Fsp3) is 0.267. The van der Waals surface area contributed by atoms with Crippen molar-refractivity contribution in [2.45, 2.75) is 18.9 Å². The van der Waals surface area contributed by atoms with Crippen LogP contribution < -0.4 is 4.74 Å². The molecule has 94 valence electrons. The van der Waals surface area contributed by atoms with E-state index in [1.54, 1.807) is 20.2 Å². The lowest BCUT2D eigenvalue weighted by atomic mass is 9.93. The summed E-state index contributed by atoms with van der Waals surface area (Å²) in [7, 11) is 1.64. The number of hydrogen-bond acceptors (Lipinski definition) is 3. The third kappa shape index (κ3) is 2.87. The van der Waals surface area contributed by atoms with Crippen molar-refractivity contribution in [1.29, 1.82) is 0 Å². The Labute approximate surface area is 107 Å². The van der Waals surface area contributed by atoms with E-state index in [2.05, 4.69) is 4.98 Å². The van der Waals surface area contributed by atoms with Crippen molar-refractivity contribution in [3.8, 4) is 5.75 Å². The number of aromatic nitrogens is 1. The zero-order valence-corrected chi connectivity index (χ0v) is 10.6. The number of ether oxygens (including phenoxy) is 1. The third-order valence-electron chi connectivity index (χ3n) is 2.92. The first-order valence-corrected chi connectivity index (χ1v) is 5.88. The van der Waals surface area contributed by atoms with Gasteiger partial charge in [0.1, 0.15) is 11.4 Å². The molecule has 1 heterocycles. The molecule has 0 fully saturated rings. The van der Waals surface area contributed by atoms with Gasteiger partial charge < -0.3 is 9.84 Å². The van der Waals surface area contributed by atoms with Crippen LogP contribution in [0.2, 0.25) is 0 Å². The van der Waals surface area contributed by atoms with E-state index in [9.17, 15) is 5.11 Å². The van der Waals surface area contributed by atoms with Crippen molar-refractivity contribution in [3.05, 3.63) is 59.9 Å². The van der Waals surface area contributed by atoms with Crippen LogP contribution >= 0.6 is 0 Å². The molecule has 3 heteroatoms. The molecular weight excluding hydrogens is 226 g/mol. The molecule has 0 spiro atoms. The molecule has 2 aromatic rings. The number of methoxy groups -OCH3 is 1. The van der Waals surface area contributed by atoms with Gasteiger partial charge in [-0.15, -0.1) is 0 Å². The van der Waals surface area contributed by atoms with Crippen LogP contribution in [0, 0.1) is 0 Å². The number of nitrogens with zero attached hydrogens (tertiary/aromatic N) is 1. The number of pyridine rings is 1. The van der Waals surface area contributed by atoms with E-state index in [4.69, 9.17) is 4.74 Å². The molecule has 0 aliphatic carbocycles. The smallest absolute Gasteiger partial charge is 0.118 e. The Morgan fingerprint density at radius 2 is 1.89 bits per heavy atom. The summed E-state index contributed by atoms with van der Waals surface area (Å²) < 4.78 is 5.11. The molecule has 0 amide bonds. The SMILES string of the molecule is COc1ccc(C[C@](C)(O)c2ccccn2)cc1. The molecule has 0 radical (unpaired) electrons. The maximum atomic E-state index is 10.5. The van der Waals surface area contributed by atoms with E-state index in [-0.39, 0.29) is 0 Å². The van der Waals surface area contributed by atoms with E-state index in [0.29, 0.717) is 12.1 Å². The van der Waals surface area contributed by atoms with Crippen LogP contribution in [0.25, 0.3) is 0 Å². The van der Waals surface area contributed by atoms with E-state index < -0.39 is 5.60 Å². The van der Waals surface area contributed by atoms with Crippen LogP contribution in [0.15, 0.2) is 48.7 Å². The Morgan fingerprint density at radius 3 is 2.44 bits per heavy atom. The second kappa shape index (κ2) is 5.19. The first-order chi connectivity index (χ1) is 8.62. The lowest BCUT2D eigenvalue weighted by Gasteiger charge is -2.22. The fourth-order valence-corrected chi connectivity index (χ4v) is 1.91. The standard InChI is InChI=1S/C15H17NO2/c1-15(17,14-5-3-4-10-16-14)11-12-6-8-13(18-2)9-7-12/h3-10,17H,11H2,1-2H3/t15-/m0/s1. The molecule has 2 rings (SSSR count). The highest BCUT2D eigenvalue weighted by molar-refractivity contribution is 5.29. The van der Waals surface area contributed by atoms with Crippen molar-refractivity contribution in [3.63, 3.8) is 0 Å². The maximum Gasteiger partial charge on any atom is 0.118 e. The number of benzene rings is 1. The lowest BCUT2D eigenvalue weighted by molar-refractivity contribution is 0.0530. The van der Waals surface area contributed by atoms with Gasteiger partial charge in [-0.05, 0) is 36.8 Å². The van der Waals surface area contributed by atoms with Gasteiger partial charge in [-0.25, -0.2) is 0 Å². The van der Waals surface area contributed by atoms with Gasteiger partial charge >= 0.3 is 0 Å². The second-order valence-electron chi connectivity index (χ2n) is 4.51. The van der Waals surface area contributed by atoms with Gasteiger partial charge in [-0.1, -0.05) is 18.2 Å². The summed E-state index contributed by atoms with van der Waals surface area (Å²) in [4.78, 5) is 4.21. The Hall–Kier alpha value is -1.87. The average Bonchev–Trinajstić information content (AvgIpc) is 2.40. The van der Waals surface area contributed by atoms with Crippen LogP contribution in [0.1, 0.15) is 18.2 Å². The van der Waals surface area contributed by atoms with E-state index >= 15 is 0 Å². The minimum atomic E-state index is -0.962. The third-order valence-corrected chi connectivity index (χ3v) is 2.92. The van der Waals surface area contributed by atoms with Crippen LogP contribution in [0.5, 0.6) is 5.75 Å². The molecule has 0 saturated carbocycles. The highest BCUT2D eigenvalue weighted by Gasteiger charge is 2.24. The molecule has 0 aliphatic rings. The summed E-state index contributed by atoms with van der Waals surface area (Å²) in [6.07, 6.45) is 2.21. The van der Waals surface area contributed by atoms with Crippen molar-refractivity contribution < 1.29 is 9.84 Å². The van der Waals surface area contributed by atoms with Crippen LogP contribution in [0.3, 0.4) is 0 Å². The number of aliphatic hydroxyl groups is 1. The highest BCUT2D eigenvalue weighted by Crippen LogP contribution is 2.24. The zero-order chi connectivity index (χ0) is 13.0. The van der Waals surface area contributed by atoms with E-state index in [0.717, 1.165) is 11.3 Å². The highest BCUT2D eigenvalue weighted by atomic mass is 16.5. The molecule has 1 aromatic heterocycles. The first kappa shape index (κ1) is 12.6. The van der Waals surface area contributed by atoms with Crippen LogP contribution in [-0.4, -0.2) is 17.2 Å². The predicted octanol–water partition coefficient (Wildman–Crippen LogP) is 2.54. The molecule has 1 atom stereocenters. The molecule has 0 aliphatic heterocycles. The molecule has 0 unspecified atom stereocenters. The van der Waals surface area contributed by atoms with Gasteiger partial charge in [0, 0.05) is 12.6 Å². The largest absolute Gasteiger partial charge is 0.497 e. The van der Waals surface area contributed by atoms with Crippen LogP contribution in [0.4, 0.5) is 0 Å². The van der Waals surface area contributed by atoms with Gasteiger partial charge in [0.2, 0.25) is 0 Å². The fourth-order valence-electron chi connectivity index (χ4n) is 1.91. The van der Waals surface area contributed by atoms with E-state index in [1.165, 1.54) is 0 Å². The monoisotopic (exact) mass is 243 g/mol. The van der Waals surface area contributed by atoms with Gasteiger partial charge in [0.15, 0.2) is 0 Å². The van der Waals surface area contributed by atoms with Crippen molar-refractivity contribution >= 4 is 0 Å². The first-order valence-electron chi connectivity index (χ1n) is 5.88. The summed E-state index contributed by atoms with van der Waals surface area (Å²) >= 11 is 0. The van der Waals surface area contributed by atoms with Gasteiger partial charge in [-0.3, -0.25) is 4.98 Å². The summed E-state index contributed by atoms with van der Waals surface area (Å²) in [5.74, 6) is 0.816. The quantitative estimate of drug-likeness (QED) is 0.897. The minimum Gasteiger partial charge on any atom is -0.497 e. The second-order valence-corrected chi connectivity index (χ2v) is 4.51. The summed E-state index contributed by atoms with van der Waals surface area (Å²) in [6, 6.07) is 13.3. The zero-order valence-electron chi connectivity index (χ0n) is 10.6. The molecule has 0 saturated heterocycles. The van der Waals surface area contributed by atoms with Gasteiger partial charge in [0.25, 0.3) is 0 Å². The normalized spacial score (nSPS) is 13.9. The summed E-state index contributed by atoms with van der Waals surface area (Å²) in [5.41, 5.74) is 0.767. The minimum absolute atomic E-state index is 0.522. The Morgan fingerprint density at radius 1 is 1.17 bits per heavy atom. The molecule has 18 heavy (non-hydrogen) atoms. The van der Waals surface area contributed by atoms with Crippen molar-refractivity contribution in [2.24, 2.45) is 0 Å². The lowest BCUT2D eigenvalue weighted by Crippen LogP contribution is -2.25. The Bertz CT molecular complexity index is 492. The predicted molar refractivity (Wildman–Crippen MR) is 70.5 cm³/mol. The Balaban J connectivity index is 2.16. The topological polar surface area (TPSA) is 42.4 Å². The number of rotatable bonds is 4. The van der Waals surface area contributed by atoms with Gasteiger partial charge in [-0.2, -0.15) is 0 Å². The molecular formula is C15H17NO2. The molecule has 1 aromatic carbocycles. The molecule has 1 N–H and O–H groups in total. The van der Waals surface area contributed by atoms with Crippen molar-refractivity contribution in [2.75, 3.05) is 7.11 Å². The van der Waals surface area contributed by atoms with Gasteiger partial charge in [0.05, 0.1) is 12.8 Å². The van der Waals surface area contributed by atoms with Crippen LogP contribution in [-0.2, 0) is 12.0 Å². The van der Waals surface area contributed by atoms with E-state index in [1.807, 2.05) is 42.5 Å².